The fourth-order valence-corrected chi connectivity index (χ4v) is 0.973. The summed E-state index contributed by atoms with van der Waals surface area (Å²) in [7, 11) is 0. The maximum Gasteiger partial charge on any atom is 0.160 e. The van der Waals surface area contributed by atoms with Gasteiger partial charge in [-0.2, -0.15) is 0 Å². The van der Waals surface area contributed by atoms with Gasteiger partial charge in [0.1, 0.15) is 0 Å². The third kappa shape index (κ3) is 2.21. The number of hydrazine groups is 1. The number of hydrogen-bond donors (Lipinski definition) is 0. The minimum absolute atomic E-state index is 0.0324. The van der Waals surface area contributed by atoms with Crippen LogP contribution in [0.1, 0.15) is 27.7 Å². The zero-order valence-electron chi connectivity index (χ0n) is 6.87. The monoisotopic (exact) mass is 149 g/mol. The van der Waals surface area contributed by atoms with Gasteiger partial charge in [0.2, 0.25) is 0 Å². The van der Waals surface area contributed by atoms with Crippen LogP contribution in [-0.4, -0.2) is 22.1 Å². The first kappa shape index (κ1) is 9.20. The average molecular weight is 149 g/mol. The zero-order valence-corrected chi connectivity index (χ0v) is 6.87. The van der Waals surface area contributed by atoms with Gasteiger partial charge in [-0.3, -0.25) is 0 Å². The van der Waals surface area contributed by atoms with Crippen molar-refractivity contribution in [1.82, 2.24) is 5.01 Å². The Balaban J connectivity index is 4.12. The van der Waals surface area contributed by atoms with Crippen molar-refractivity contribution in [2.75, 3.05) is 0 Å². The molecule has 0 unspecified atom stereocenters. The molecule has 0 radical (unpaired) electrons. The fourth-order valence-electron chi connectivity index (χ4n) is 0.973. The van der Waals surface area contributed by atoms with Crippen LogP contribution in [0.2, 0.25) is 0 Å². The van der Waals surface area contributed by atoms with Crippen LogP contribution in [0, 0.1) is 10.1 Å². The largest absolute Gasteiger partial charge is 0.235 e. The van der Waals surface area contributed by atoms with Crippen LogP contribution in [0.25, 0.3) is 0 Å². The molecule has 0 bridgehead atoms. The van der Waals surface area contributed by atoms with Crippen LogP contribution >= 0.6 is 0 Å². The molecule has 0 aliphatic heterocycles. The smallest absolute Gasteiger partial charge is 0.160 e. The first-order valence-electron chi connectivity index (χ1n) is 3.39. The highest BCUT2D eigenvalue weighted by atomic mass is 16.7. The van der Waals surface area contributed by atoms with Crippen LogP contribution in [0.5, 0.6) is 0 Å². The summed E-state index contributed by atoms with van der Waals surface area (Å²) in [6.45, 7) is 7.23. The molecule has 0 aliphatic rings. The predicted molar refractivity (Wildman–Crippen MR) is 39.1 cm³/mol. The van der Waals surface area contributed by atoms with Crippen molar-refractivity contribution >= 4 is 0 Å². The summed E-state index contributed by atoms with van der Waals surface area (Å²) >= 11 is 0. The Morgan fingerprint density at radius 2 is 1.50 bits per heavy atom. The highest BCUT2D eigenvalue weighted by Gasteiger charge is 2.21. The number of hydrogen-bond acceptors (Lipinski definition) is 2. The molecule has 0 fully saturated rings. The number of nitrogens with zero attached hydrogens (tertiary/aromatic N) is 2. The molecule has 0 aromatic carbocycles. The molecule has 0 saturated heterocycles. The summed E-state index contributed by atoms with van der Waals surface area (Å²) in [5.41, 5.74) is 0. The lowest BCUT2D eigenvalue weighted by Crippen LogP contribution is -2.41. The Morgan fingerprint density at radius 1 is 1.20 bits per heavy atom. The summed E-state index contributed by atoms with van der Waals surface area (Å²) in [5.74, 6) is 0. The second-order valence-corrected chi connectivity index (χ2v) is 2.81. The standard InChI is InChI=1S/C6H14N2O2/c1-5(2)7(6(3)4)8(9)10/h5-6H,1-4H3/i1+1,2+1,5+1. The molecule has 4 nitrogen and oxygen atoms in total. The molecule has 0 atom stereocenters. The van der Waals surface area contributed by atoms with E-state index in [0.29, 0.717) is 0 Å². The van der Waals surface area contributed by atoms with Crippen LogP contribution in [0.15, 0.2) is 0 Å². The summed E-state index contributed by atoms with van der Waals surface area (Å²) in [4.78, 5) is 10.3. The van der Waals surface area contributed by atoms with Crippen molar-refractivity contribution < 1.29 is 5.03 Å². The maximum absolute atomic E-state index is 10.3. The lowest BCUT2D eigenvalue weighted by atomic mass is 10.4. The molecule has 0 aliphatic carbocycles. The van der Waals surface area contributed by atoms with E-state index in [1.807, 2.05) is 27.7 Å². The molecule has 0 amide bonds. The quantitative estimate of drug-likeness (QED) is 0.345. The highest BCUT2D eigenvalue weighted by molar-refractivity contribution is 4.55. The molecule has 0 aromatic heterocycles. The van der Waals surface area contributed by atoms with E-state index >= 15 is 0 Å². The molecule has 0 heterocycles. The predicted octanol–water partition coefficient (Wildman–Crippen LogP) is 1.30. The van der Waals surface area contributed by atoms with E-state index in [1.165, 1.54) is 5.01 Å². The average Bonchev–Trinajstić information content (AvgIpc) is 1.59. The van der Waals surface area contributed by atoms with Gasteiger partial charge >= 0.3 is 0 Å². The Kier molecular flexibility index (Phi) is 3.12. The van der Waals surface area contributed by atoms with Crippen LogP contribution in [-0.2, 0) is 0 Å². The van der Waals surface area contributed by atoms with Crippen molar-refractivity contribution in [1.29, 1.82) is 0 Å². The van der Waals surface area contributed by atoms with Gasteiger partial charge in [-0.25, -0.2) is 10.1 Å². The van der Waals surface area contributed by atoms with Crippen molar-refractivity contribution in [3.05, 3.63) is 10.1 Å². The topological polar surface area (TPSA) is 46.4 Å². The minimum atomic E-state index is -0.352. The molecule has 0 aromatic rings. The molecule has 0 rings (SSSR count). The maximum atomic E-state index is 10.3. The van der Waals surface area contributed by atoms with Crippen molar-refractivity contribution in [3.63, 3.8) is 0 Å². The second-order valence-electron chi connectivity index (χ2n) is 2.81. The van der Waals surface area contributed by atoms with E-state index < -0.39 is 0 Å². The molecule has 4 heteroatoms. The molecular formula is C6H14N2O2. The normalized spacial score (nSPS) is 10.6. The molecule has 60 valence electrons. The summed E-state index contributed by atoms with van der Waals surface area (Å²) in [5, 5.41) is 11.2. The number of nitro groups is 1. The van der Waals surface area contributed by atoms with Gasteiger partial charge in [0.25, 0.3) is 0 Å². The van der Waals surface area contributed by atoms with Crippen molar-refractivity contribution in [2.45, 2.75) is 39.8 Å². The Labute approximate surface area is 60.9 Å². The highest BCUT2D eigenvalue weighted by Crippen LogP contribution is 2.03. The summed E-state index contributed by atoms with van der Waals surface area (Å²) < 4.78 is 0. The lowest BCUT2D eigenvalue weighted by Gasteiger charge is -2.21. The van der Waals surface area contributed by atoms with E-state index in [4.69, 9.17) is 0 Å². The molecular weight excluding hydrogens is 135 g/mol. The Bertz CT molecular complexity index is 115. The fraction of sp³-hybridized carbons (Fsp3) is 1.00. The van der Waals surface area contributed by atoms with Crippen LogP contribution in [0.3, 0.4) is 0 Å². The Hall–Kier alpha value is -0.800. The van der Waals surface area contributed by atoms with Gasteiger partial charge in [-0.15, -0.1) is 5.01 Å². The number of rotatable bonds is 3. The molecule has 0 saturated carbocycles. The van der Waals surface area contributed by atoms with Crippen molar-refractivity contribution in [2.24, 2.45) is 0 Å². The second kappa shape index (κ2) is 3.39. The zero-order chi connectivity index (χ0) is 8.31. The molecule has 10 heavy (non-hydrogen) atoms. The minimum Gasteiger partial charge on any atom is -0.235 e. The van der Waals surface area contributed by atoms with Gasteiger partial charge in [0.05, 0.1) is 12.1 Å². The third-order valence-corrected chi connectivity index (χ3v) is 1.25. The molecule has 0 spiro atoms. The van der Waals surface area contributed by atoms with Gasteiger partial charge in [-0.05, 0) is 27.7 Å². The van der Waals surface area contributed by atoms with E-state index in [2.05, 4.69) is 0 Å². The van der Waals surface area contributed by atoms with Crippen LogP contribution in [0.4, 0.5) is 0 Å². The first-order valence-corrected chi connectivity index (χ1v) is 3.39. The van der Waals surface area contributed by atoms with E-state index in [9.17, 15) is 10.1 Å². The van der Waals surface area contributed by atoms with E-state index in [-0.39, 0.29) is 17.1 Å². The lowest BCUT2D eigenvalue weighted by molar-refractivity contribution is -0.670. The van der Waals surface area contributed by atoms with E-state index in [0.717, 1.165) is 0 Å². The van der Waals surface area contributed by atoms with Crippen molar-refractivity contribution in [3.8, 4) is 0 Å². The van der Waals surface area contributed by atoms with Crippen LogP contribution < -0.4 is 0 Å². The van der Waals surface area contributed by atoms with Gasteiger partial charge in [-0.1, -0.05) is 0 Å². The third-order valence-electron chi connectivity index (χ3n) is 1.25. The summed E-state index contributed by atoms with van der Waals surface area (Å²) in [6.07, 6.45) is 0. The van der Waals surface area contributed by atoms with Gasteiger partial charge in [0, 0.05) is 0 Å². The van der Waals surface area contributed by atoms with Gasteiger partial charge in [0.15, 0.2) is 5.03 Å². The SMILES string of the molecule is CC(C)N([13CH]([13CH3])[13CH3])[N+](=O)[O-]. The first-order chi connectivity index (χ1) is 4.46. The van der Waals surface area contributed by atoms with E-state index in [1.54, 1.807) is 0 Å². The molecule has 0 N–H and O–H groups in total. The van der Waals surface area contributed by atoms with Gasteiger partial charge < -0.3 is 0 Å². The summed E-state index contributed by atoms with van der Waals surface area (Å²) in [6, 6.07) is -0.0648. The Morgan fingerprint density at radius 3 is 1.50 bits per heavy atom.